The van der Waals surface area contributed by atoms with Crippen molar-refractivity contribution in [2.24, 2.45) is 0 Å². The van der Waals surface area contributed by atoms with Crippen molar-refractivity contribution >= 4 is 34.4 Å². The quantitative estimate of drug-likeness (QED) is 0.415. The molecule has 200 valence electrons. The lowest BCUT2D eigenvalue weighted by molar-refractivity contribution is -0.0147. The second-order valence-electron chi connectivity index (χ2n) is 10.5. The first-order valence-corrected chi connectivity index (χ1v) is 13.4. The van der Waals surface area contributed by atoms with Crippen molar-refractivity contribution in [2.75, 3.05) is 61.9 Å². The Labute approximate surface area is 222 Å². The van der Waals surface area contributed by atoms with Gasteiger partial charge in [-0.3, -0.25) is 4.90 Å². The Bertz CT molecular complexity index is 1290. The second kappa shape index (κ2) is 10.2. The minimum Gasteiger partial charge on any atom is -0.497 e. The molecule has 6 rings (SSSR count). The minimum absolute atomic E-state index is 0.158. The lowest BCUT2D eigenvalue weighted by Gasteiger charge is -2.42. The first-order valence-electron chi connectivity index (χ1n) is 13.4. The fourth-order valence-corrected chi connectivity index (χ4v) is 5.72. The third kappa shape index (κ3) is 5.00. The third-order valence-corrected chi connectivity index (χ3v) is 7.96. The van der Waals surface area contributed by atoms with Crippen molar-refractivity contribution in [2.45, 2.75) is 37.5 Å². The highest BCUT2D eigenvalue weighted by Gasteiger charge is 2.51. The number of fused-ring (bicyclic) bond motifs is 1. The predicted molar refractivity (Wildman–Crippen MR) is 148 cm³/mol. The Morgan fingerprint density at radius 2 is 1.92 bits per heavy atom. The smallest absolute Gasteiger partial charge is 0.407 e. The van der Waals surface area contributed by atoms with Crippen LogP contribution in [0.2, 0.25) is 0 Å². The Hall–Kier alpha value is -3.79. The van der Waals surface area contributed by atoms with E-state index in [1.165, 1.54) is 5.69 Å². The highest BCUT2D eigenvalue weighted by molar-refractivity contribution is 5.91. The van der Waals surface area contributed by atoms with Gasteiger partial charge in [0.1, 0.15) is 17.2 Å². The molecule has 1 unspecified atom stereocenters. The number of hydrogen-bond acceptors (Lipinski definition) is 9. The van der Waals surface area contributed by atoms with Gasteiger partial charge in [0.05, 0.1) is 19.2 Å². The normalized spacial score (nSPS) is 24.0. The number of ether oxygens (including phenoxy) is 2. The molecule has 1 amide bonds. The molecule has 3 aromatic rings. The van der Waals surface area contributed by atoms with Crippen molar-refractivity contribution in [1.82, 2.24) is 20.2 Å². The number of aromatic nitrogens is 2. The topological polar surface area (TPSA) is 104 Å². The van der Waals surface area contributed by atoms with Crippen LogP contribution in [0.15, 0.2) is 48.5 Å². The van der Waals surface area contributed by atoms with E-state index in [4.69, 9.17) is 19.4 Å². The van der Waals surface area contributed by atoms with Crippen LogP contribution in [-0.4, -0.2) is 85.0 Å². The van der Waals surface area contributed by atoms with Crippen LogP contribution in [-0.2, 0) is 4.74 Å². The van der Waals surface area contributed by atoms with Crippen molar-refractivity contribution in [3.05, 3.63) is 48.5 Å². The third-order valence-electron chi connectivity index (χ3n) is 7.96. The molecule has 3 heterocycles. The zero-order valence-electron chi connectivity index (χ0n) is 21.9. The zero-order chi connectivity index (χ0) is 26.1. The molecule has 3 fully saturated rings. The molecule has 3 N–H and O–H groups in total. The Balaban J connectivity index is 1.12. The predicted octanol–water partition coefficient (Wildman–Crippen LogP) is 3.31. The van der Waals surface area contributed by atoms with Crippen LogP contribution in [0.5, 0.6) is 5.75 Å². The number of benzene rings is 2. The number of carbonyl (C=O) groups is 1. The number of nitrogens with zero attached hydrogens (tertiary/aromatic N) is 4. The van der Waals surface area contributed by atoms with E-state index in [2.05, 4.69) is 63.0 Å². The maximum atomic E-state index is 11.5. The summed E-state index contributed by atoms with van der Waals surface area (Å²) in [7, 11) is 1.67. The number of carbonyl (C=O) groups excluding carboxylic acids is 1. The standard InChI is InChI=1S/C28H35N7O3/c1-19(34-10-12-35(13-11-34)21-6-4-3-5-7-21)17-29-25-23-14-22(37-2)8-9-24(23)32-26(33-25)31-20-15-28(16-20)18-30-27(36)38-28/h3-9,14,19-20H,10-13,15-18H2,1-2H3,(H,30,36)(H2,29,31,32,33). The molecule has 10 heteroatoms. The number of methoxy groups -OCH3 is 1. The van der Waals surface area contributed by atoms with E-state index in [1.807, 2.05) is 18.2 Å². The zero-order valence-corrected chi connectivity index (χ0v) is 21.9. The summed E-state index contributed by atoms with van der Waals surface area (Å²) in [5.74, 6) is 2.13. The fourth-order valence-electron chi connectivity index (χ4n) is 5.72. The molecule has 1 aromatic heterocycles. The molecule has 1 spiro atoms. The van der Waals surface area contributed by atoms with Crippen LogP contribution in [0.4, 0.5) is 22.2 Å². The summed E-state index contributed by atoms with van der Waals surface area (Å²) in [5, 5.41) is 10.7. The average molecular weight is 518 g/mol. The molecule has 2 saturated heterocycles. The van der Waals surface area contributed by atoms with Gasteiger partial charge in [-0.2, -0.15) is 4.98 Å². The maximum absolute atomic E-state index is 11.5. The number of hydrogen-bond donors (Lipinski definition) is 3. The summed E-state index contributed by atoms with van der Waals surface area (Å²) >= 11 is 0. The van der Waals surface area contributed by atoms with Gasteiger partial charge in [-0.15, -0.1) is 0 Å². The lowest BCUT2D eigenvalue weighted by atomic mass is 9.76. The van der Waals surface area contributed by atoms with Crippen molar-refractivity contribution < 1.29 is 14.3 Å². The minimum atomic E-state index is -0.389. The van der Waals surface area contributed by atoms with Gasteiger partial charge in [0, 0.05) is 68.7 Å². The van der Waals surface area contributed by atoms with E-state index in [0.717, 1.165) is 68.0 Å². The second-order valence-corrected chi connectivity index (χ2v) is 10.5. The van der Waals surface area contributed by atoms with Gasteiger partial charge in [-0.1, -0.05) is 18.2 Å². The number of amides is 1. The summed E-state index contributed by atoms with van der Waals surface area (Å²) in [6.45, 7) is 7.67. The number of nitrogens with one attached hydrogen (secondary N) is 3. The molecule has 1 atom stereocenters. The molecule has 10 nitrogen and oxygen atoms in total. The van der Waals surface area contributed by atoms with E-state index in [1.54, 1.807) is 7.11 Å². The molecule has 1 saturated carbocycles. The Morgan fingerprint density at radius 3 is 2.63 bits per heavy atom. The van der Waals surface area contributed by atoms with E-state index in [9.17, 15) is 4.79 Å². The van der Waals surface area contributed by atoms with Crippen LogP contribution < -0.4 is 25.6 Å². The van der Waals surface area contributed by atoms with Crippen LogP contribution in [0, 0.1) is 0 Å². The molecule has 1 aliphatic carbocycles. The van der Waals surface area contributed by atoms with Gasteiger partial charge in [-0.05, 0) is 37.3 Å². The van der Waals surface area contributed by atoms with Crippen LogP contribution in [0.25, 0.3) is 10.9 Å². The van der Waals surface area contributed by atoms with Crippen molar-refractivity contribution in [1.29, 1.82) is 0 Å². The van der Waals surface area contributed by atoms with Gasteiger partial charge >= 0.3 is 6.09 Å². The largest absolute Gasteiger partial charge is 0.497 e. The summed E-state index contributed by atoms with van der Waals surface area (Å²) in [5.41, 5.74) is 1.75. The molecule has 0 radical (unpaired) electrons. The van der Waals surface area contributed by atoms with Crippen LogP contribution in [0.3, 0.4) is 0 Å². The first-order chi connectivity index (χ1) is 18.5. The summed E-state index contributed by atoms with van der Waals surface area (Å²) < 4.78 is 10.9. The number of para-hydroxylation sites is 1. The Morgan fingerprint density at radius 1 is 1.13 bits per heavy atom. The van der Waals surface area contributed by atoms with Crippen molar-refractivity contribution in [3.8, 4) is 5.75 Å². The molecule has 2 aromatic carbocycles. The SMILES string of the molecule is COc1ccc2nc(NC3CC4(CNC(=O)O4)C3)nc(NCC(C)N3CCN(c4ccccc4)CC3)c2c1. The fraction of sp³-hybridized carbons (Fsp3) is 0.464. The van der Waals surface area contributed by atoms with Gasteiger partial charge < -0.3 is 30.3 Å². The van der Waals surface area contributed by atoms with E-state index < -0.39 is 0 Å². The van der Waals surface area contributed by atoms with Gasteiger partial charge in [0.25, 0.3) is 0 Å². The number of rotatable bonds is 8. The van der Waals surface area contributed by atoms with Gasteiger partial charge in [0.15, 0.2) is 0 Å². The summed E-state index contributed by atoms with van der Waals surface area (Å²) in [6, 6.07) is 17.0. The maximum Gasteiger partial charge on any atom is 0.407 e. The first kappa shape index (κ1) is 24.5. The van der Waals surface area contributed by atoms with E-state index >= 15 is 0 Å². The van der Waals surface area contributed by atoms with Gasteiger partial charge in [-0.25, -0.2) is 9.78 Å². The van der Waals surface area contributed by atoms with Gasteiger partial charge in [0.2, 0.25) is 5.95 Å². The molecule has 0 bridgehead atoms. The lowest BCUT2D eigenvalue weighted by Crippen LogP contribution is -2.53. The molecule has 3 aliphatic rings. The Kier molecular flexibility index (Phi) is 6.57. The highest BCUT2D eigenvalue weighted by atomic mass is 16.6. The molecule has 38 heavy (non-hydrogen) atoms. The number of anilines is 3. The molecular formula is C28H35N7O3. The molecular weight excluding hydrogens is 482 g/mol. The average Bonchev–Trinajstić information content (AvgIpc) is 3.33. The molecule has 2 aliphatic heterocycles. The monoisotopic (exact) mass is 517 g/mol. The summed E-state index contributed by atoms with van der Waals surface area (Å²) in [6.07, 6.45) is 1.15. The van der Waals surface area contributed by atoms with Crippen molar-refractivity contribution in [3.63, 3.8) is 0 Å². The van der Waals surface area contributed by atoms with Crippen LogP contribution >= 0.6 is 0 Å². The van der Waals surface area contributed by atoms with E-state index in [-0.39, 0.29) is 17.7 Å². The van der Waals surface area contributed by atoms with Crippen LogP contribution in [0.1, 0.15) is 19.8 Å². The number of alkyl carbamates (subject to hydrolysis) is 1. The summed E-state index contributed by atoms with van der Waals surface area (Å²) in [4.78, 5) is 26.1. The highest BCUT2D eigenvalue weighted by Crippen LogP contribution is 2.39. The number of piperazine rings is 1. The van der Waals surface area contributed by atoms with E-state index in [0.29, 0.717) is 18.5 Å².